The summed E-state index contributed by atoms with van der Waals surface area (Å²) in [5, 5.41) is 6.18. The predicted molar refractivity (Wildman–Crippen MR) is 171 cm³/mol. The van der Waals surface area contributed by atoms with Crippen LogP contribution in [0.5, 0.6) is 5.75 Å². The van der Waals surface area contributed by atoms with Crippen molar-refractivity contribution in [1.29, 1.82) is 0 Å². The third kappa shape index (κ3) is 9.32. The number of hydrogen-bond acceptors (Lipinski definition) is 8. The lowest BCUT2D eigenvalue weighted by Crippen LogP contribution is -2.43. The molecule has 0 radical (unpaired) electrons. The smallest absolute Gasteiger partial charge is 0.265 e. The number of aromatic nitrogens is 3. The molecule has 2 atom stereocenters. The van der Waals surface area contributed by atoms with E-state index in [-0.39, 0.29) is 29.5 Å². The van der Waals surface area contributed by atoms with Crippen LogP contribution in [0.2, 0.25) is 18.1 Å². The van der Waals surface area contributed by atoms with Crippen molar-refractivity contribution in [3.05, 3.63) is 42.2 Å². The highest BCUT2D eigenvalue weighted by Crippen LogP contribution is 2.40. The summed E-state index contributed by atoms with van der Waals surface area (Å²) < 4.78 is 56.9. The molecule has 1 aromatic carbocycles. The second-order valence-electron chi connectivity index (χ2n) is 13.0. The second kappa shape index (κ2) is 14.2. The molecule has 0 aliphatic carbocycles. The van der Waals surface area contributed by atoms with Crippen LogP contribution in [0.4, 0.5) is 0 Å². The van der Waals surface area contributed by atoms with Gasteiger partial charge in [-0.05, 0) is 79.6 Å². The summed E-state index contributed by atoms with van der Waals surface area (Å²) in [6.07, 6.45) is 7.37. The maximum absolute atomic E-state index is 11.0. The molecule has 0 saturated carbocycles. The molecule has 0 bridgehead atoms. The molecule has 10 nitrogen and oxygen atoms in total. The van der Waals surface area contributed by atoms with E-state index in [1.54, 1.807) is 6.92 Å². The SMILES string of the molecule is C[C@H](COCCOCCc1cncc(-c2nn(C3CCCCO3)c3ccc(O[Si](C)(C)C(C)(C)C)cc23)c1)CS(=O)(=O)O. The molecule has 3 heterocycles. The van der Waals surface area contributed by atoms with Gasteiger partial charge in [0.2, 0.25) is 8.32 Å². The fourth-order valence-corrected chi connectivity index (χ4v) is 6.67. The normalized spacial score (nSPS) is 17.3. The van der Waals surface area contributed by atoms with Gasteiger partial charge in [0.05, 0.1) is 37.7 Å². The summed E-state index contributed by atoms with van der Waals surface area (Å²) in [6.45, 7) is 15.1. The van der Waals surface area contributed by atoms with E-state index in [1.165, 1.54) is 0 Å². The van der Waals surface area contributed by atoms with Gasteiger partial charge in [-0.25, -0.2) is 4.68 Å². The van der Waals surface area contributed by atoms with Gasteiger partial charge in [0.25, 0.3) is 10.1 Å². The Morgan fingerprint density at radius 1 is 1.12 bits per heavy atom. The van der Waals surface area contributed by atoms with Gasteiger partial charge >= 0.3 is 0 Å². The van der Waals surface area contributed by atoms with Crippen molar-refractivity contribution in [3.8, 4) is 17.0 Å². The lowest BCUT2D eigenvalue weighted by atomic mass is 10.1. The van der Waals surface area contributed by atoms with Gasteiger partial charge in [-0.1, -0.05) is 27.7 Å². The van der Waals surface area contributed by atoms with E-state index >= 15 is 0 Å². The van der Waals surface area contributed by atoms with E-state index in [4.69, 9.17) is 28.3 Å². The van der Waals surface area contributed by atoms with Crippen molar-refractivity contribution in [2.75, 3.05) is 38.8 Å². The number of fused-ring (bicyclic) bond motifs is 1. The molecular formula is C31H47N3O7SSi. The van der Waals surface area contributed by atoms with E-state index < -0.39 is 18.4 Å². The lowest BCUT2D eigenvalue weighted by Gasteiger charge is -2.36. The van der Waals surface area contributed by atoms with Crippen LogP contribution >= 0.6 is 0 Å². The molecule has 0 amide bonds. The zero-order valence-electron chi connectivity index (χ0n) is 26.3. The fourth-order valence-electron chi connectivity index (χ4n) is 4.84. The van der Waals surface area contributed by atoms with Gasteiger partial charge < -0.3 is 18.6 Å². The zero-order valence-corrected chi connectivity index (χ0v) is 28.2. The van der Waals surface area contributed by atoms with Crippen LogP contribution in [0.1, 0.15) is 58.7 Å². The Morgan fingerprint density at radius 3 is 2.58 bits per heavy atom. The van der Waals surface area contributed by atoms with Crippen LogP contribution in [-0.4, -0.2) is 74.8 Å². The average Bonchev–Trinajstić information content (AvgIpc) is 3.30. The van der Waals surface area contributed by atoms with E-state index in [9.17, 15) is 8.42 Å². The molecule has 1 aliphatic heterocycles. The van der Waals surface area contributed by atoms with Gasteiger partial charge in [0.15, 0.2) is 6.23 Å². The fraction of sp³-hybridized carbons (Fsp3) is 0.613. The number of hydrogen-bond donors (Lipinski definition) is 1. The van der Waals surface area contributed by atoms with Crippen LogP contribution < -0.4 is 4.43 Å². The molecule has 3 aromatic rings. The Labute approximate surface area is 257 Å². The summed E-state index contributed by atoms with van der Waals surface area (Å²) in [4.78, 5) is 4.53. The number of pyridine rings is 1. The third-order valence-electron chi connectivity index (χ3n) is 8.16. The minimum Gasteiger partial charge on any atom is -0.543 e. The summed E-state index contributed by atoms with van der Waals surface area (Å²) >= 11 is 0. The minimum atomic E-state index is -3.99. The van der Waals surface area contributed by atoms with Gasteiger partial charge in [0, 0.05) is 30.0 Å². The van der Waals surface area contributed by atoms with Crippen LogP contribution in [0.3, 0.4) is 0 Å². The van der Waals surface area contributed by atoms with E-state index in [1.807, 2.05) is 17.1 Å². The lowest BCUT2D eigenvalue weighted by molar-refractivity contribution is -0.0365. The quantitative estimate of drug-likeness (QED) is 0.124. The Bertz CT molecular complexity index is 1460. The van der Waals surface area contributed by atoms with E-state index in [2.05, 4.69) is 63.1 Å². The van der Waals surface area contributed by atoms with Gasteiger partial charge in [-0.15, -0.1) is 0 Å². The van der Waals surface area contributed by atoms with Crippen molar-refractivity contribution in [2.24, 2.45) is 5.92 Å². The molecule has 1 unspecified atom stereocenters. The Hall–Kier alpha value is -2.35. The molecule has 1 aliphatic rings. The van der Waals surface area contributed by atoms with Crippen LogP contribution in [0.15, 0.2) is 36.7 Å². The monoisotopic (exact) mass is 633 g/mol. The molecule has 2 aromatic heterocycles. The van der Waals surface area contributed by atoms with Gasteiger partial charge in [-0.3, -0.25) is 9.54 Å². The molecule has 1 N–H and O–H groups in total. The first kappa shape index (κ1) is 33.5. The van der Waals surface area contributed by atoms with Gasteiger partial charge in [-0.2, -0.15) is 13.5 Å². The van der Waals surface area contributed by atoms with Crippen LogP contribution in [0.25, 0.3) is 22.2 Å². The first-order valence-electron chi connectivity index (χ1n) is 15.1. The van der Waals surface area contributed by atoms with Crippen molar-refractivity contribution >= 4 is 29.3 Å². The standard InChI is InChI=1S/C31H47N3O7SSi/c1-23(22-42(35,36)37)21-39-16-15-38-14-12-24-17-25(20-32-19-24)30-27-18-26(41-43(5,6)31(2,3)4)10-11-28(27)34(33-30)29-9-7-8-13-40-29/h10-11,17-20,23,29H,7-9,12-16,21-22H2,1-6H3,(H,35,36,37)/t23-,29?/m1/s1. The second-order valence-corrected chi connectivity index (χ2v) is 19.3. The molecule has 1 fully saturated rings. The van der Waals surface area contributed by atoms with Gasteiger partial charge in [0.1, 0.15) is 11.4 Å². The Morgan fingerprint density at radius 2 is 1.88 bits per heavy atom. The van der Waals surface area contributed by atoms with Crippen molar-refractivity contribution in [2.45, 2.75) is 77.7 Å². The number of ether oxygens (including phenoxy) is 3. The Kier molecular flexibility index (Phi) is 11.1. The van der Waals surface area contributed by atoms with Crippen molar-refractivity contribution < 1.29 is 31.6 Å². The molecule has 4 rings (SSSR count). The number of rotatable bonds is 14. The Balaban J connectivity index is 1.47. The summed E-state index contributed by atoms with van der Waals surface area (Å²) in [6, 6.07) is 8.38. The molecule has 1 saturated heterocycles. The largest absolute Gasteiger partial charge is 0.543 e. The molecule has 43 heavy (non-hydrogen) atoms. The zero-order chi connectivity index (χ0) is 31.3. The van der Waals surface area contributed by atoms with E-state index in [0.29, 0.717) is 26.2 Å². The predicted octanol–water partition coefficient (Wildman–Crippen LogP) is 6.28. The minimum absolute atomic E-state index is 0.0822. The van der Waals surface area contributed by atoms with Crippen LogP contribution in [0, 0.1) is 5.92 Å². The summed E-state index contributed by atoms with van der Waals surface area (Å²) in [5.41, 5.74) is 3.83. The third-order valence-corrected chi connectivity index (χ3v) is 13.5. The van der Waals surface area contributed by atoms with E-state index in [0.717, 1.165) is 59.3 Å². The topological polar surface area (TPSA) is 122 Å². The summed E-state index contributed by atoms with van der Waals surface area (Å²) in [5.74, 6) is 0.253. The highest BCUT2D eigenvalue weighted by atomic mass is 32.2. The molecule has 0 spiro atoms. The molecule has 238 valence electrons. The molecular weight excluding hydrogens is 587 g/mol. The molecule has 12 heteroatoms. The number of benzene rings is 1. The summed E-state index contributed by atoms with van der Waals surface area (Å²) in [7, 11) is -6.02. The first-order valence-corrected chi connectivity index (χ1v) is 19.6. The van der Waals surface area contributed by atoms with Crippen LogP contribution in [-0.2, 0) is 30.7 Å². The number of nitrogens with zero attached hydrogens (tertiary/aromatic N) is 3. The maximum Gasteiger partial charge on any atom is 0.265 e. The van der Waals surface area contributed by atoms with Crippen molar-refractivity contribution in [1.82, 2.24) is 14.8 Å². The maximum atomic E-state index is 11.0. The van der Waals surface area contributed by atoms with Crippen molar-refractivity contribution in [3.63, 3.8) is 0 Å². The average molecular weight is 634 g/mol. The first-order chi connectivity index (χ1) is 20.2. The highest BCUT2D eigenvalue weighted by molar-refractivity contribution is 7.85. The highest BCUT2D eigenvalue weighted by Gasteiger charge is 2.39.